The molecule has 0 N–H and O–H groups in total. The van der Waals surface area contributed by atoms with E-state index in [9.17, 15) is 0 Å². The first-order valence-corrected chi connectivity index (χ1v) is 7.54. The van der Waals surface area contributed by atoms with Crippen molar-refractivity contribution in [1.82, 2.24) is 5.16 Å². The summed E-state index contributed by atoms with van der Waals surface area (Å²) in [4.78, 5) is 0. The van der Waals surface area contributed by atoms with Crippen LogP contribution in [0.4, 0.5) is 0 Å². The first-order valence-electron chi connectivity index (χ1n) is 7.54. The van der Waals surface area contributed by atoms with Crippen molar-refractivity contribution in [3.63, 3.8) is 0 Å². The topological polar surface area (TPSA) is 57.6 Å². The van der Waals surface area contributed by atoms with Gasteiger partial charge in [0.25, 0.3) is 0 Å². The summed E-state index contributed by atoms with van der Waals surface area (Å²) in [6.07, 6.45) is 2.48. The fraction of sp³-hybridized carbons (Fsp3) is 0.278. The molecule has 0 aliphatic carbocycles. The van der Waals surface area contributed by atoms with Crippen molar-refractivity contribution in [1.29, 1.82) is 0 Å². The summed E-state index contributed by atoms with van der Waals surface area (Å²) in [5.74, 6) is 2.79. The summed E-state index contributed by atoms with van der Waals surface area (Å²) < 4.78 is 22.4. The normalized spacial score (nSPS) is 15.2. The molecular formula is C18H17NO4. The van der Waals surface area contributed by atoms with Gasteiger partial charge in [-0.15, -0.1) is 0 Å². The Morgan fingerprint density at radius 3 is 2.91 bits per heavy atom. The van der Waals surface area contributed by atoms with Gasteiger partial charge in [-0.25, -0.2) is 0 Å². The van der Waals surface area contributed by atoms with E-state index in [1.54, 1.807) is 12.3 Å². The van der Waals surface area contributed by atoms with Gasteiger partial charge in [-0.1, -0.05) is 17.3 Å². The predicted octanol–water partition coefficient (Wildman–Crippen LogP) is 4.23. The third-order valence-corrected chi connectivity index (χ3v) is 3.75. The first kappa shape index (κ1) is 13.9. The van der Waals surface area contributed by atoms with Gasteiger partial charge < -0.3 is 18.4 Å². The summed E-state index contributed by atoms with van der Waals surface area (Å²) >= 11 is 0. The predicted molar refractivity (Wildman–Crippen MR) is 83.4 cm³/mol. The van der Waals surface area contributed by atoms with Gasteiger partial charge in [-0.3, -0.25) is 0 Å². The Morgan fingerprint density at radius 1 is 1.17 bits per heavy atom. The Balaban J connectivity index is 1.50. The molecule has 3 heterocycles. The molecule has 0 saturated heterocycles. The molecule has 0 atom stereocenters. The minimum absolute atomic E-state index is 0.192. The molecule has 5 heteroatoms. The number of nitrogens with zero attached hydrogens (tertiary/aromatic N) is 1. The fourth-order valence-electron chi connectivity index (χ4n) is 2.77. The maximum Gasteiger partial charge on any atom is 0.202 e. The van der Waals surface area contributed by atoms with Crippen molar-refractivity contribution < 1.29 is 18.4 Å². The van der Waals surface area contributed by atoms with Gasteiger partial charge >= 0.3 is 0 Å². The van der Waals surface area contributed by atoms with Gasteiger partial charge in [0.15, 0.2) is 17.3 Å². The van der Waals surface area contributed by atoms with Gasteiger partial charge in [-0.2, -0.15) is 0 Å². The van der Waals surface area contributed by atoms with Gasteiger partial charge in [-0.05, 0) is 32.0 Å². The Kier molecular flexibility index (Phi) is 3.15. The van der Waals surface area contributed by atoms with Crippen LogP contribution in [0.5, 0.6) is 11.5 Å². The monoisotopic (exact) mass is 311 g/mol. The highest BCUT2D eigenvalue weighted by atomic mass is 16.5. The molecular weight excluding hydrogens is 294 g/mol. The average molecular weight is 311 g/mol. The van der Waals surface area contributed by atoms with Crippen LogP contribution in [-0.2, 0) is 13.0 Å². The zero-order valence-electron chi connectivity index (χ0n) is 13.0. The quantitative estimate of drug-likeness (QED) is 0.721. The summed E-state index contributed by atoms with van der Waals surface area (Å²) in [6, 6.07) is 11.4. The Bertz CT molecular complexity index is 817. The van der Waals surface area contributed by atoms with Crippen molar-refractivity contribution in [2.24, 2.45) is 0 Å². The molecule has 0 radical (unpaired) electrons. The number of hydrogen-bond acceptors (Lipinski definition) is 5. The SMILES string of the molecule is CC1(C)Cc2cccc(OCc3cc(-c4ccco4)on3)c2O1. The molecule has 0 amide bonds. The van der Waals surface area contributed by atoms with Crippen LogP contribution in [0.2, 0.25) is 0 Å². The molecule has 118 valence electrons. The molecule has 0 bridgehead atoms. The molecule has 1 aromatic carbocycles. The first-order chi connectivity index (χ1) is 11.1. The van der Waals surface area contributed by atoms with E-state index in [1.165, 1.54) is 5.56 Å². The maximum absolute atomic E-state index is 5.99. The van der Waals surface area contributed by atoms with E-state index in [4.69, 9.17) is 18.4 Å². The average Bonchev–Trinajstić information content (AvgIpc) is 3.22. The summed E-state index contributed by atoms with van der Waals surface area (Å²) in [5, 5.41) is 4.01. The number of fused-ring (bicyclic) bond motifs is 1. The minimum Gasteiger partial charge on any atom is -0.483 e. The zero-order chi connectivity index (χ0) is 15.9. The highest BCUT2D eigenvalue weighted by molar-refractivity contribution is 5.51. The van der Waals surface area contributed by atoms with Gasteiger partial charge in [0.1, 0.15) is 17.9 Å². The van der Waals surface area contributed by atoms with E-state index >= 15 is 0 Å². The van der Waals surface area contributed by atoms with E-state index in [0.29, 0.717) is 23.8 Å². The Labute approximate surface area is 133 Å². The molecule has 23 heavy (non-hydrogen) atoms. The van der Waals surface area contributed by atoms with E-state index in [2.05, 4.69) is 25.1 Å². The van der Waals surface area contributed by atoms with Crippen LogP contribution in [0.3, 0.4) is 0 Å². The molecule has 2 aromatic heterocycles. The summed E-state index contributed by atoms with van der Waals surface area (Å²) in [5.41, 5.74) is 1.68. The smallest absolute Gasteiger partial charge is 0.202 e. The molecule has 0 saturated carbocycles. The fourth-order valence-corrected chi connectivity index (χ4v) is 2.77. The second-order valence-corrected chi connectivity index (χ2v) is 6.23. The lowest BCUT2D eigenvalue weighted by molar-refractivity contribution is 0.131. The van der Waals surface area contributed by atoms with E-state index < -0.39 is 0 Å². The van der Waals surface area contributed by atoms with Crippen LogP contribution >= 0.6 is 0 Å². The Morgan fingerprint density at radius 2 is 2.09 bits per heavy atom. The van der Waals surface area contributed by atoms with Crippen LogP contribution in [0.25, 0.3) is 11.5 Å². The summed E-state index contributed by atoms with van der Waals surface area (Å²) in [7, 11) is 0. The van der Waals surface area contributed by atoms with E-state index in [0.717, 1.165) is 17.9 Å². The molecule has 5 nitrogen and oxygen atoms in total. The second-order valence-electron chi connectivity index (χ2n) is 6.23. The third kappa shape index (κ3) is 2.70. The van der Waals surface area contributed by atoms with Gasteiger partial charge in [0.05, 0.1) is 6.26 Å². The number of aromatic nitrogens is 1. The lowest BCUT2D eigenvalue weighted by Gasteiger charge is -2.18. The van der Waals surface area contributed by atoms with Crippen LogP contribution in [-0.4, -0.2) is 10.8 Å². The molecule has 1 aliphatic rings. The summed E-state index contributed by atoms with van der Waals surface area (Å²) in [6.45, 7) is 4.46. The van der Waals surface area contributed by atoms with Crippen molar-refractivity contribution in [2.45, 2.75) is 32.5 Å². The van der Waals surface area contributed by atoms with Crippen molar-refractivity contribution in [2.75, 3.05) is 0 Å². The van der Waals surface area contributed by atoms with Gasteiger partial charge in [0, 0.05) is 18.1 Å². The van der Waals surface area contributed by atoms with E-state index in [1.807, 2.05) is 24.3 Å². The molecule has 0 unspecified atom stereocenters. The van der Waals surface area contributed by atoms with Crippen LogP contribution in [0.15, 0.2) is 51.6 Å². The van der Waals surface area contributed by atoms with Crippen LogP contribution in [0, 0.1) is 0 Å². The molecule has 3 aromatic rings. The number of benzene rings is 1. The highest BCUT2D eigenvalue weighted by Gasteiger charge is 2.32. The van der Waals surface area contributed by atoms with Crippen LogP contribution in [0.1, 0.15) is 25.1 Å². The molecule has 4 rings (SSSR count). The number of para-hydroxylation sites is 1. The number of rotatable bonds is 4. The third-order valence-electron chi connectivity index (χ3n) is 3.75. The molecule has 1 aliphatic heterocycles. The second kappa shape index (κ2) is 5.19. The number of hydrogen-bond donors (Lipinski definition) is 0. The lowest BCUT2D eigenvalue weighted by Crippen LogP contribution is -2.24. The van der Waals surface area contributed by atoms with E-state index in [-0.39, 0.29) is 5.60 Å². The van der Waals surface area contributed by atoms with Crippen molar-refractivity contribution in [3.8, 4) is 23.0 Å². The number of ether oxygens (including phenoxy) is 2. The van der Waals surface area contributed by atoms with Crippen LogP contribution < -0.4 is 9.47 Å². The Hall–Kier alpha value is -2.69. The molecule has 0 fully saturated rings. The maximum atomic E-state index is 5.99. The molecule has 0 spiro atoms. The van der Waals surface area contributed by atoms with Gasteiger partial charge in [0.2, 0.25) is 5.76 Å². The zero-order valence-corrected chi connectivity index (χ0v) is 13.0. The highest BCUT2D eigenvalue weighted by Crippen LogP contribution is 2.42. The van der Waals surface area contributed by atoms with Crippen molar-refractivity contribution >= 4 is 0 Å². The minimum atomic E-state index is -0.192. The van der Waals surface area contributed by atoms with Crippen molar-refractivity contribution in [3.05, 3.63) is 53.9 Å². The largest absolute Gasteiger partial charge is 0.483 e. The standard InChI is InChI=1S/C18H17NO4/c1-18(2)10-12-5-3-6-15(17(12)22-18)21-11-13-9-16(23-19-13)14-7-4-8-20-14/h3-9H,10-11H2,1-2H3. The number of furan rings is 1. The lowest BCUT2D eigenvalue weighted by atomic mass is 10.0.